The number of benzene rings is 4. The van der Waals surface area contributed by atoms with E-state index in [0.717, 1.165) is 16.9 Å². The summed E-state index contributed by atoms with van der Waals surface area (Å²) in [5.41, 5.74) is 4.38. The van der Waals surface area contributed by atoms with Gasteiger partial charge in [0, 0.05) is 5.02 Å². The first kappa shape index (κ1) is 21.4. The first-order valence-corrected chi connectivity index (χ1v) is 10.4. The second-order valence-electron chi connectivity index (χ2n) is 7.07. The van der Waals surface area contributed by atoms with Crippen LogP contribution in [0.5, 0.6) is 11.5 Å². The maximum atomic E-state index is 11.8. The molecule has 0 aliphatic carbocycles. The van der Waals surface area contributed by atoms with Crippen molar-refractivity contribution in [1.29, 1.82) is 0 Å². The van der Waals surface area contributed by atoms with Gasteiger partial charge in [-0.3, -0.25) is 4.79 Å². The number of carbonyl (C=O) groups is 1. The Bertz CT molecular complexity index is 1220. The van der Waals surface area contributed by atoms with Crippen LogP contribution in [0.1, 0.15) is 11.1 Å². The van der Waals surface area contributed by atoms with E-state index in [1.807, 2.05) is 36.4 Å². The summed E-state index contributed by atoms with van der Waals surface area (Å²) in [5, 5.41) is 6.97. The zero-order valence-corrected chi connectivity index (χ0v) is 18.0. The fourth-order valence-corrected chi connectivity index (χ4v) is 3.16. The number of ether oxygens (including phenoxy) is 2. The molecule has 0 bridgehead atoms. The monoisotopic (exact) mass is 444 g/mol. The lowest BCUT2D eigenvalue weighted by Gasteiger charge is -2.08. The first-order chi connectivity index (χ1) is 15.7. The van der Waals surface area contributed by atoms with E-state index in [-0.39, 0.29) is 12.5 Å². The highest BCUT2D eigenvalue weighted by Crippen LogP contribution is 2.18. The summed E-state index contributed by atoms with van der Waals surface area (Å²) in [6.45, 7) is 0.350. The summed E-state index contributed by atoms with van der Waals surface area (Å²) in [5.74, 6) is 0.968. The highest BCUT2D eigenvalue weighted by atomic mass is 35.5. The Morgan fingerprint density at radius 2 is 1.53 bits per heavy atom. The van der Waals surface area contributed by atoms with Gasteiger partial charge in [0.2, 0.25) is 0 Å². The van der Waals surface area contributed by atoms with Crippen LogP contribution in [0.25, 0.3) is 10.8 Å². The maximum Gasteiger partial charge on any atom is 0.277 e. The summed E-state index contributed by atoms with van der Waals surface area (Å²) in [6.07, 6.45) is 1.56. The van der Waals surface area contributed by atoms with Crippen molar-refractivity contribution in [2.24, 2.45) is 5.10 Å². The third-order valence-electron chi connectivity index (χ3n) is 4.69. The van der Waals surface area contributed by atoms with Crippen LogP contribution in [0.15, 0.2) is 96.1 Å². The Kier molecular flexibility index (Phi) is 7.00. The quantitative estimate of drug-likeness (QED) is 0.284. The molecule has 1 amide bonds. The van der Waals surface area contributed by atoms with Gasteiger partial charge >= 0.3 is 0 Å². The largest absolute Gasteiger partial charge is 0.489 e. The van der Waals surface area contributed by atoms with E-state index in [4.69, 9.17) is 21.1 Å². The van der Waals surface area contributed by atoms with Gasteiger partial charge in [0.25, 0.3) is 5.91 Å². The van der Waals surface area contributed by atoms with Crippen molar-refractivity contribution in [2.75, 3.05) is 6.61 Å². The van der Waals surface area contributed by atoms with Crippen molar-refractivity contribution in [3.05, 3.63) is 107 Å². The van der Waals surface area contributed by atoms with Crippen molar-refractivity contribution in [3.8, 4) is 11.5 Å². The number of nitrogens with zero attached hydrogens (tertiary/aromatic N) is 1. The highest BCUT2D eigenvalue weighted by molar-refractivity contribution is 6.30. The molecule has 4 aromatic rings. The molecule has 0 aliphatic heterocycles. The van der Waals surface area contributed by atoms with Crippen molar-refractivity contribution >= 4 is 34.5 Å². The van der Waals surface area contributed by atoms with Crippen molar-refractivity contribution in [2.45, 2.75) is 6.61 Å². The minimum absolute atomic E-state index is 0.138. The number of hydrazone groups is 1. The van der Waals surface area contributed by atoms with Crippen molar-refractivity contribution in [3.63, 3.8) is 0 Å². The number of carbonyl (C=O) groups excluding carboxylic acids is 1. The molecule has 0 aromatic heterocycles. The van der Waals surface area contributed by atoms with Crippen LogP contribution in [0.3, 0.4) is 0 Å². The van der Waals surface area contributed by atoms with Gasteiger partial charge in [-0.15, -0.1) is 0 Å². The van der Waals surface area contributed by atoms with Gasteiger partial charge in [-0.05, 0) is 76.5 Å². The molecule has 1 N–H and O–H groups in total. The van der Waals surface area contributed by atoms with Gasteiger partial charge < -0.3 is 9.47 Å². The Morgan fingerprint density at radius 1 is 0.844 bits per heavy atom. The van der Waals surface area contributed by atoms with Crippen LogP contribution < -0.4 is 14.9 Å². The molecule has 160 valence electrons. The fraction of sp³-hybridized carbons (Fsp3) is 0.0769. The zero-order valence-electron chi connectivity index (χ0n) is 17.2. The lowest BCUT2D eigenvalue weighted by molar-refractivity contribution is -0.123. The number of amides is 1. The highest BCUT2D eigenvalue weighted by Gasteiger charge is 2.02. The molecular weight excluding hydrogens is 424 g/mol. The fourth-order valence-electron chi connectivity index (χ4n) is 3.04. The average molecular weight is 445 g/mol. The van der Waals surface area contributed by atoms with E-state index in [2.05, 4.69) is 40.9 Å². The van der Waals surface area contributed by atoms with Gasteiger partial charge in [-0.25, -0.2) is 5.43 Å². The molecule has 0 spiro atoms. The molecule has 4 aromatic carbocycles. The summed E-state index contributed by atoms with van der Waals surface area (Å²) in [6, 6.07) is 28.8. The molecule has 0 heterocycles. The van der Waals surface area contributed by atoms with Crippen LogP contribution in [-0.2, 0) is 11.4 Å². The van der Waals surface area contributed by atoms with Crippen molar-refractivity contribution < 1.29 is 14.3 Å². The lowest BCUT2D eigenvalue weighted by atomic mass is 10.1. The molecule has 0 unspecified atom stereocenters. The zero-order chi connectivity index (χ0) is 22.2. The predicted molar refractivity (Wildman–Crippen MR) is 127 cm³/mol. The normalized spacial score (nSPS) is 10.9. The number of rotatable bonds is 8. The molecule has 0 fully saturated rings. The minimum atomic E-state index is -0.355. The molecule has 32 heavy (non-hydrogen) atoms. The van der Waals surface area contributed by atoms with Gasteiger partial charge in [-0.2, -0.15) is 5.10 Å². The summed E-state index contributed by atoms with van der Waals surface area (Å²) in [4.78, 5) is 11.8. The average Bonchev–Trinajstić information content (AvgIpc) is 2.83. The third-order valence-corrected chi connectivity index (χ3v) is 4.94. The minimum Gasteiger partial charge on any atom is -0.489 e. The summed E-state index contributed by atoms with van der Waals surface area (Å²) < 4.78 is 11.2. The Morgan fingerprint density at radius 3 is 2.31 bits per heavy atom. The summed E-state index contributed by atoms with van der Waals surface area (Å²) >= 11 is 5.81. The Labute approximate surface area is 191 Å². The third kappa shape index (κ3) is 6.09. The van der Waals surface area contributed by atoms with Gasteiger partial charge in [-0.1, -0.05) is 48.0 Å². The molecule has 5 nitrogen and oxygen atoms in total. The molecule has 0 atom stereocenters. The molecule has 6 heteroatoms. The second-order valence-corrected chi connectivity index (χ2v) is 7.51. The first-order valence-electron chi connectivity index (χ1n) is 10.1. The number of nitrogens with one attached hydrogen (secondary N) is 1. The van der Waals surface area contributed by atoms with E-state index in [0.29, 0.717) is 17.4 Å². The van der Waals surface area contributed by atoms with Crippen molar-refractivity contribution in [1.82, 2.24) is 5.43 Å². The molecule has 4 rings (SSSR count). The van der Waals surface area contributed by atoms with Crippen LogP contribution in [0.2, 0.25) is 5.02 Å². The Balaban J connectivity index is 1.23. The number of hydrogen-bond donors (Lipinski definition) is 1. The lowest BCUT2D eigenvalue weighted by Crippen LogP contribution is -2.24. The van der Waals surface area contributed by atoms with Gasteiger partial charge in [0.05, 0.1) is 6.21 Å². The SMILES string of the molecule is O=C(COc1ccc(Cl)cc1)N/N=C\c1ccc(OCc2ccc3ccccc3c2)cc1. The molecule has 0 radical (unpaired) electrons. The standard InChI is InChI=1S/C26H21ClN2O3/c27-23-9-13-25(14-10-23)32-18-26(30)29-28-16-19-6-11-24(12-7-19)31-17-20-5-8-21-3-1-2-4-22(21)15-20/h1-16H,17-18H2,(H,29,30)/b28-16-. The van der Waals surface area contributed by atoms with Gasteiger partial charge in [0.1, 0.15) is 18.1 Å². The number of fused-ring (bicyclic) bond motifs is 1. The van der Waals surface area contributed by atoms with Crippen LogP contribution in [-0.4, -0.2) is 18.7 Å². The van der Waals surface area contributed by atoms with Crippen LogP contribution in [0, 0.1) is 0 Å². The molecular formula is C26H21ClN2O3. The summed E-state index contributed by atoms with van der Waals surface area (Å²) in [7, 11) is 0. The number of hydrogen-bond acceptors (Lipinski definition) is 4. The molecule has 0 saturated heterocycles. The predicted octanol–water partition coefficient (Wildman–Crippen LogP) is 5.60. The number of halogens is 1. The van der Waals surface area contributed by atoms with E-state index in [1.54, 1.807) is 30.5 Å². The maximum absolute atomic E-state index is 11.8. The van der Waals surface area contributed by atoms with E-state index < -0.39 is 0 Å². The smallest absolute Gasteiger partial charge is 0.277 e. The van der Waals surface area contributed by atoms with Gasteiger partial charge in [0.15, 0.2) is 6.61 Å². The van der Waals surface area contributed by atoms with Crippen LogP contribution in [0.4, 0.5) is 0 Å². The van der Waals surface area contributed by atoms with E-state index in [1.165, 1.54) is 10.8 Å². The molecule has 0 saturated carbocycles. The molecule has 0 aliphatic rings. The second kappa shape index (κ2) is 10.5. The van der Waals surface area contributed by atoms with E-state index in [9.17, 15) is 4.79 Å². The Hall–Kier alpha value is -3.83. The topological polar surface area (TPSA) is 59.9 Å². The van der Waals surface area contributed by atoms with Crippen LogP contribution >= 0.6 is 11.6 Å². The van der Waals surface area contributed by atoms with E-state index >= 15 is 0 Å².